The zero-order valence-corrected chi connectivity index (χ0v) is 50.4. The molecule has 18 nitrogen and oxygen atoms in total. The minimum atomic E-state index is -0.729. The lowest BCUT2D eigenvalue weighted by atomic mass is 9.77. The first-order valence-electron chi connectivity index (χ1n) is 29.8. The summed E-state index contributed by atoms with van der Waals surface area (Å²) in [4.78, 5) is 123. The van der Waals surface area contributed by atoms with Crippen LogP contribution < -0.4 is 16.2 Å². The van der Waals surface area contributed by atoms with Gasteiger partial charge in [0.25, 0.3) is 11.8 Å². The number of carbonyl (C=O) groups is 9. The fourth-order valence-corrected chi connectivity index (χ4v) is 12.3. The Labute approximate surface area is 477 Å². The van der Waals surface area contributed by atoms with E-state index in [9.17, 15) is 43.2 Å². The second kappa shape index (κ2) is 32.9. The molecule has 1 saturated carbocycles. The van der Waals surface area contributed by atoms with Crippen LogP contribution in [0, 0.1) is 40.9 Å². The molecule has 0 radical (unpaired) electrons. The number of likely N-dealkylation sites (tertiary alicyclic amines) is 1. The predicted molar refractivity (Wildman–Crippen MR) is 306 cm³/mol. The van der Waals surface area contributed by atoms with Gasteiger partial charge in [0.15, 0.2) is 5.78 Å². The van der Waals surface area contributed by atoms with Gasteiger partial charge in [-0.05, 0) is 113 Å². The van der Waals surface area contributed by atoms with Crippen LogP contribution in [0.3, 0.4) is 0 Å². The van der Waals surface area contributed by atoms with Crippen molar-refractivity contribution in [2.24, 2.45) is 40.9 Å². The third-order valence-electron chi connectivity index (χ3n) is 17.2. The second-order valence-corrected chi connectivity index (χ2v) is 23.8. The van der Waals surface area contributed by atoms with Crippen molar-refractivity contribution in [2.75, 3.05) is 47.5 Å². The van der Waals surface area contributed by atoms with Crippen molar-refractivity contribution in [3.8, 4) is 0 Å². The highest BCUT2D eigenvalue weighted by Crippen LogP contribution is 2.63. The van der Waals surface area contributed by atoms with E-state index in [0.717, 1.165) is 18.4 Å². The third-order valence-corrected chi connectivity index (χ3v) is 17.2. The number of nitrogens with zero attached hydrogens (tertiary/aromatic N) is 3. The number of imide groups is 1. The number of rotatable bonds is 37. The lowest BCUT2D eigenvalue weighted by Crippen LogP contribution is -2.54. The molecule has 4 rings (SSSR count). The van der Waals surface area contributed by atoms with Crippen molar-refractivity contribution >= 4 is 53.0 Å². The average molecular weight is 1120 g/mol. The zero-order chi connectivity index (χ0) is 59.3. The van der Waals surface area contributed by atoms with Crippen LogP contribution in [0.5, 0.6) is 0 Å². The topological polar surface area (TPSA) is 227 Å². The summed E-state index contributed by atoms with van der Waals surface area (Å²) in [7, 11) is 5.06. The summed E-state index contributed by atoms with van der Waals surface area (Å²) in [5.74, 6) is -2.58. The normalized spacial score (nSPS) is 21.0. The molecule has 18 heteroatoms. The molecule has 3 N–H and O–H groups in total. The summed E-state index contributed by atoms with van der Waals surface area (Å²) < 4.78 is 17.8. The molecule has 11 unspecified atom stereocenters. The Bertz CT molecular complexity index is 2240. The van der Waals surface area contributed by atoms with Gasteiger partial charge in [-0.1, -0.05) is 98.6 Å². The van der Waals surface area contributed by atoms with Crippen molar-refractivity contribution in [3.05, 3.63) is 48.0 Å². The second-order valence-electron chi connectivity index (χ2n) is 23.8. The van der Waals surface area contributed by atoms with Gasteiger partial charge in [0.2, 0.25) is 23.6 Å². The van der Waals surface area contributed by atoms with E-state index in [1.54, 1.807) is 14.2 Å². The number of carbonyl (C=O) groups excluding carboxylic acids is 9. The maximum absolute atomic E-state index is 14.4. The van der Waals surface area contributed by atoms with E-state index in [2.05, 4.69) is 30.0 Å². The van der Waals surface area contributed by atoms with Crippen LogP contribution in [0.2, 0.25) is 0 Å². The van der Waals surface area contributed by atoms with E-state index in [4.69, 9.17) is 14.2 Å². The molecule has 11 atom stereocenters. The van der Waals surface area contributed by atoms with Gasteiger partial charge in [-0.3, -0.25) is 63.8 Å². The smallest absolute Gasteiger partial charge is 0.312 e. The Morgan fingerprint density at radius 3 is 2.01 bits per heavy atom. The maximum Gasteiger partial charge on any atom is 0.312 e. The Balaban J connectivity index is 1.26. The Hall–Kier alpha value is -5.33. The minimum absolute atomic E-state index is 0.0446. The molecule has 1 saturated heterocycles. The van der Waals surface area contributed by atoms with E-state index in [1.165, 1.54) is 17.1 Å². The number of ether oxygens (including phenoxy) is 3. The Kier molecular flexibility index (Phi) is 27.7. The van der Waals surface area contributed by atoms with Crippen LogP contribution in [0.15, 0.2) is 42.5 Å². The molecule has 0 bridgehead atoms. The highest BCUT2D eigenvalue weighted by atomic mass is 16.5. The number of benzene rings is 1. The summed E-state index contributed by atoms with van der Waals surface area (Å²) in [6.45, 7) is 19.3. The number of hydrazine groups is 1. The summed E-state index contributed by atoms with van der Waals surface area (Å²) in [5, 5.41) is 3.09. The number of amides is 6. The van der Waals surface area contributed by atoms with Gasteiger partial charge < -0.3 is 24.4 Å². The van der Waals surface area contributed by atoms with Crippen molar-refractivity contribution in [3.63, 3.8) is 0 Å². The summed E-state index contributed by atoms with van der Waals surface area (Å²) in [6.07, 6.45) is 9.43. The number of Topliss-reactive ketones (excluding diaryl/α,β-unsaturated/α-hetero) is 2. The summed E-state index contributed by atoms with van der Waals surface area (Å²) in [6, 6.07) is 8.42. The highest BCUT2D eigenvalue weighted by molar-refractivity contribution is 6.12. The van der Waals surface area contributed by atoms with Crippen LogP contribution in [0.1, 0.15) is 177 Å². The zero-order valence-electron chi connectivity index (χ0n) is 50.4. The van der Waals surface area contributed by atoms with Gasteiger partial charge in [-0.2, -0.15) is 0 Å². The first-order valence-corrected chi connectivity index (χ1v) is 29.8. The largest absolute Gasteiger partial charge is 0.466 e. The molecular weight excluding hydrogens is 1020 g/mol. The average Bonchev–Trinajstić information content (AvgIpc) is 4.02. The summed E-state index contributed by atoms with van der Waals surface area (Å²) in [5.41, 5.74) is 5.37. The number of hydrogen-bond donors (Lipinski definition) is 3. The van der Waals surface area contributed by atoms with Gasteiger partial charge in [0.1, 0.15) is 5.78 Å². The van der Waals surface area contributed by atoms with Crippen molar-refractivity contribution in [1.82, 2.24) is 30.9 Å². The molecule has 0 spiro atoms. The molecule has 1 aliphatic carbocycles. The van der Waals surface area contributed by atoms with Crippen molar-refractivity contribution in [1.29, 1.82) is 0 Å². The van der Waals surface area contributed by atoms with E-state index >= 15 is 0 Å². The first kappa shape index (κ1) is 67.2. The molecule has 1 aromatic carbocycles. The molecule has 3 aliphatic rings. The molecule has 80 heavy (non-hydrogen) atoms. The number of methoxy groups -OCH3 is 2. The molecule has 2 fully saturated rings. The van der Waals surface area contributed by atoms with Crippen LogP contribution in [0.4, 0.5) is 0 Å². The number of esters is 1. The number of hydrogen-bond acceptors (Lipinski definition) is 13. The monoisotopic (exact) mass is 1120 g/mol. The van der Waals surface area contributed by atoms with E-state index in [-0.39, 0.29) is 120 Å². The Morgan fingerprint density at radius 2 is 1.43 bits per heavy atom. The molecule has 2 aliphatic heterocycles. The number of unbranched alkanes of at least 4 members (excludes halogenated alkanes) is 2. The van der Waals surface area contributed by atoms with E-state index in [0.29, 0.717) is 90.4 Å². The number of nitrogens with one attached hydrogen (secondary N) is 3. The fraction of sp³-hybridized carbons (Fsp3) is 0.726. The highest BCUT2D eigenvalue weighted by Gasteiger charge is 2.61. The van der Waals surface area contributed by atoms with Gasteiger partial charge in [0.05, 0.1) is 48.8 Å². The quantitative estimate of drug-likeness (QED) is 0.0252. The van der Waals surface area contributed by atoms with Crippen molar-refractivity contribution < 1.29 is 57.4 Å². The molecule has 1 aromatic rings. The molecule has 6 amide bonds. The summed E-state index contributed by atoms with van der Waals surface area (Å²) >= 11 is 0. The maximum atomic E-state index is 14.4. The van der Waals surface area contributed by atoms with Crippen LogP contribution in [0.25, 0.3) is 0 Å². The van der Waals surface area contributed by atoms with Crippen LogP contribution in [-0.4, -0.2) is 146 Å². The first-order chi connectivity index (χ1) is 38.0. The lowest BCUT2D eigenvalue weighted by Gasteiger charge is -2.37. The molecule has 0 aromatic heterocycles. The molecule has 448 valence electrons. The van der Waals surface area contributed by atoms with Gasteiger partial charge in [-0.15, -0.1) is 0 Å². The van der Waals surface area contributed by atoms with Gasteiger partial charge in [0, 0.05) is 77.0 Å². The lowest BCUT2D eigenvalue weighted by molar-refractivity contribution is -0.150. The van der Waals surface area contributed by atoms with Gasteiger partial charge >= 0.3 is 5.97 Å². The van der Waals surface area contributed by atoms with Crippen LogP contribution in [-0.2, 0) is 57.4 Å². The predicted octanol–water partition coefficient (Wildman–Crippen LogP) is 7.67. The van der Waals surface area contributed by atoms with Crippen molar-refractivity contribution in [2.45, 2.75) is 201 Å². The number of likely N-dealkylation sites (N-methyl/N-ethyl adjacent to an activating group) is 1. The van der Waals surface area contributed by atoms with E-state index < -0.39 is 35.6 Å². The minimum Gasteiger partial charge on any atom is -0.466 e. The fourth-order valence-electron chi connectivity index (χ4n) is 12.3. The van der Waals surface area contributed by atoms with E-state index in [1.807, 2.05) is 95.6 Å². The molecular formula is C62H98N6O12. The standard InChI is InChI=1S/C62H98N6O12/c1-13-43(8)46(51(78-11)38-56(75)67-35-22-26-48(67)59(79-12)44(9)49(69)27-21-32-62(61(77)80-14-2)39-47(62)45-24-17-15-18-25-45)36-42(7)37-50(70)57(40(3)4)63-60(76)58(41(5)6)66(10)33-23-29-53(72)65-64-52(71)28-19-16-20-34-68-54(73)30-31-55(68)74/h15,17-18,24-25,30-31,40-44,46-48,51,57-59H,13-14,16,19-23,26-29,32-39H2,1-12H3,(H,63,76)(H,64,71)(H,65,72). The van der Waals surface area contributed by atoms with Gasteiger partial charge in [-0.25, -0.2) is 0 Å². The van der Waals surface area contributed by atoms with Crippen LogP contribution >= 0.6 is 0 Å². The number of ketones is 2. The third kappa shape index (κ3) is 19.1. The SMILES string of the molecule is CCOC(=O)C1(CCCC(=O)C(C)C(OC)C2CCCN2C(=O)CC(OC)C(CC(C)CC(=O)C(NC(=O)C(C(C)C)N(C)CCCC(=O)NNC(=O)CCCCCN2C(=O)C=CC2=O)C(C)C)C(C)CC)CC1c1ccccc1. The molecule has 2 heterocycles. The Morgan fingerprint density at radius 1 is 0.775 bits per heavy atom.